The third-order valence-electron chi connectivity index (χ3n) is 4.81. The third kappa shape index (κ3) is 4.70. The second kappa shape index (κ2) is 9.49. The van der Waals surface area contributed by atoms with Crippen molar-refractivity contribution in [1.29, 1.82) is 0 Å². The summed E-state index contributed by atoms with van der Waals surface area (Å²) in [7, 11) is 2.56. The summed E-state index contributed by atoms with van der Waals surface area (Å²) in [5.41, 5.74) is 5.33. The number of nitrogens with two attached hydrogens (primary N) is 1. The second-order valence-electron chi connectivity index (χ2n) is 6.94. The zero-order valence-electron chi connectivity index (χ0n) is 17.4. The number of ether oxygens (including phenoxy) is 1. The van der Waals surface area contributed by atoms with E-state index in [2.05, 4.69) is 0 Å². The zero-order valence-corrected chi connectivity index (χ0v) is 18.1. The van der Waals surface area contributed by atoms with E-state index in [1.165, 1.54) is 14.1 Å². The topological polar surface area (TPSA) is 113 Å². The molecular weight excluding hydrogens is 434 g/mol. The summed E-state index contributed by atoms with van der Waals surface area (Å²) in [4.78, 5) is 49.8. The van der Waals surface area contributed by atoms with Crippen molar-refractivity contribution in [3.63, 3.8) is 0 Å². The molecule has 0 saturated carbocycles. The fraction of sp³-hybridized carbons (Fsp3) is 0.130. The third-order valence-corrected chi connectivity index (χ3v) is 5.06. The van der Waals surface area contributed by atoms with E-state index >= 15 is 0 Å². The number of ketones is 1. The molecule has 1 aromatic heterocycles. The molecule has 8 nitrogen and oxygen atoms in total. The standard InChI is InChI=1S/C23H20ClN3O5/c1-26-20(25)19(21(29)27(2)23(26)31)18(28)13-32-22(30)17(12-14-6-4-3-5-7-14)15-8-10-16(24)11-9-15/h3-12H,13,25H2,1-2H3/b17-12+. The molecule has 3 aromatic rings. The number of esters is 1. The normalized spacial score (nSPS) is 11.3. The minimum Gasteiger partial charge on any atom is -0.454 e. The van der Waals surface area contributed by atoms with E-state index in [4.69, 9.17) is 22.1 Å². The lowest BCUT2D eigenvalue weighted by Crippen LogP contribution is -2.42. The first kappa shape index (κ1) is 22.8. The molecule has 0 bridgehead atoms. The zero-order chi connectivity index (χ0) is 23.4. The first-order valence-corrected chi connectivity index (χ1v) is 9.87. The van der Waals surface area contributed by atoms with Gasteiger partial charge in [-0.1, -0.05) is 54.1 Å². The van der Waals surface area contributed by atoms with E-state index in [0.717, 1.165) is 14.7 Å². The second-order valence-corrected chi connectivity index (χ2v) is 7.38. The monoisotopic (exact) mass is 453 g/mol. The number of nitrogen functional groups attached to an aromatic ring is 1. The molecule has 0 aliphatic rings. The summed E-state index contributed by atoms with van der Waals surface area (Å²) >= 11 is 5.94. The van der Waals surface area contributed by atoms with Crippen LogP contribution in [0.1, 0.15) is 21.5 Å². The van der Waals surface area contributed by atoms with Gasteiger partial charge >= 0.3 is 11.7 Å². The average molecular weight is 454 g/mol. The van der Waals surface area contributed by atoms with Gasteiger partial charge in [0.15, 0.2) is 6.61 Å². The largest absolute Gasteiger partial charge is 0.454 e. The Morgan fingerprint density at radius 3 is 2.25 bits per heavy atom. The Balaban J connectivity index is 1.90. The van der Waals surface area contributed by atoms with Crippen LogP contribution in [0.4, 0.5) is 5.82 Å². The Labute approximate surface area is 188 Å². The Morgan fingerprint density at radius 2 is 1.62 bits per heavy atom. The first-order chi connectivity index (χ1) is 15.2. The number of benzene rings is 2. The lowest BCUT2D eigenvalue weighted by atomic mass is 10.0. The molecule has 3 rings (SSSR count). The summed E-state index contributed by atoms with van der Waals surface area (Å²) in [5, 5.41) is 0.498. The molecule has 0 spiro atoms. The van der Waals surface area contributed by atoms with Crippen molar-refractivity contribution in [2.75, 3.05) is 12.3 Å². The van der Waals surface area contributed by atoms with Crippen molar-refractivity contribution >= 4 is 40.8 Å². The van der Waals surface area contributed by atoms with Crippen molar-refractivity contribution < 1.29 is 14.3 Å². The molecule has 0 atom stereocenters. The van der Waals surface area contributed by atoms with E-state index in [9.17, 15) is 19.2 Å². The van der Waals surface area contributed by atoms with Crippen LogP contribution in [0.15, 0.2) is 64.2 Å². The fourth-order valence-corrected chi connectivity index (χ4v) is 3.13. The van der Waals surface area contributed by atoms with Gasteiger partial charge in [0, 0.05) is 19.1 Å². The van der Waals surface area contributed by atoms with Crippen molar-refractivity contribution in [3.8, 4) is 0 Å². The number of hydrogen-bond donors (Lipinski definition) is 1. The molecule has 2 N–H and O–H groups in total. The smallest absolute Gasteiger partial charge is 0.339 e. The molecule has 0 aliphatic carbocycles. The maximum atomic E-state index is 12.9. The molecular formula is C23H20ClN3O5. The SMILES string of the molecule is Cn1c(N)c(C(=O)COC(=O)/C(=C/c2ccccc2)c2ccc(Cl)cc2)c(=O)n(C)c1=O. The molecule has 2 aromatic carbocycles. The quantitative estimate of drug-likeness (QED) is 0.265. The minimum atomic E-state index is -0.857. The van der Waals surface area contributed by atoms with E-state index in [1.807, 2.05) is 30.3 Å². The van der Waals surface area contributed by atoms with Gasteiger partial charge in [-0.15, -0.1) is 0 Å². The average Bonchev–Trinajstić information content (AvgIpc) is 2.80. The van der Waals surface area contributed by atoms with Crippen LogP contribution in [0, 0.1) is 0 Å². The number of halogens is 1. The molecule has 0 aliphatic heterocycles. The highest BCUT2D eigenvalue weighted by atomic mass is 35.5. The molecule has 0 amide bonds. The van der Waals surface area contributed by atoms with E-state index in [1.54, 1.807) is 30.3 Å². The van der Waals surface area contributed by atoms with Gasteiger partial charge < -0.3 is 10.5 Å². The first-order valence-electron chi connectivity index (χ1n) is 9.49. The van der Waals surface area contributed by atoms with Crippen LogP contribution in [-0.2, 0) is 23.6 Å². The van der Waals surface area contributed by atoms with Gasteiger partial charge in [-0.05, 0) is 29.3 Å². The lowest BCUT2D eigenvalue weighted by molar-refractivity contribution is -0.135. The van der Waals surface area contributed by atoms with Gasteiger partial charge in [-0.25, -0.2) is 9.59 Å². The van der Waals surface area contributed by atoms with Gasteiger partial charge in [0.2, 0.25) is 5.78 Å². The number of anilines is 1. The van der Waals surface area contributed by atoms with Crippen LogP contribution in [0.25, 0.3) is 11.6 Å². The number of hydrogen-bond acceptors (Lipinski definition) is 6. The maximum absolute atomic E-state index is 12.9. The molecule has 9 heteroatoms. The summed E-state index contributed by atoms with van der Waals surface area (Å²) in [6.07, 6.45) is 1.62. The predicted octanol–water partition coefficient (Wildman–Crippen LogP) is 2.29. The molecule has 164 valence electrons. The van der Waals surface area contributed by atoms with Gasteiger partial charge in [0.1, 0.15) is 11.4 Å². The molecule has 0 saturated heterocycles. The van der Waals surface area contributed by atoms with Crippen molar-refractivity contribution in [2.24, 2.45) is 14.1 Å². The number of aromatic nitrogens is 2. The molecule has 0 radical (unpaired) electrons. The van der Waals surface area contributed by atoms with Crippen LogP contribution in [0.2, 0.25) is 5.02 Å². The van der Waals surface area contributed by atoms with Gasteiger partial charge in [0.25, 0.3) is 5.56 Å². The van der Waals surface area contributed by atoms with Gasteiger partial charge in [-0.3, -0.25) is 18.7 Å². The number of carbonyl (C=O) groups excluding carboxylic acids is 2. The minimum absolute atomic E-state index is 0.196. The summed E-state index contributed by atoms with van der Waals surface area (Å²) in [6.45, 7) is -0.726. The Kier molecular flexibility index (Phi) is 6.75. The van der Waals surface area contributed by atoms with E-state index in [0.29, 0.717) is 10.6 Å². The van der Waals surface area contributed by atoms with Gasteiger partial charge in [0.05, 0.1) is 5.57 Å². The van der Waals surface area contributed by atoms with Crippen LogP contribution >= 0.6 is 11.6 Å². The van der Waals surface area contributed by atoms with E-state index < -0.39 is 35.2 Å². The van der Waals surface area contributed by atoms with Crippen LogP contribution < -0.4 is 17.0 Å². The van der Waals surface area contributed by atoms with Crippen molar-refractivity contribution in [2.45, 2.75) is 0 Å². The summed E-state index contributed by atoms with van der Waals surface area (Å²) in [5.74, 6) is -1.89. The fourth-order valence-electron chi connectivity index (χ4n) is 3.01. The molecule has 1 heterocycles. The number of Topliss-reactive ketones (excluding diaryl/α,β-unsaturated/α-hetero) is 1. The Bertz CT molecular complexity index is 1320. The Hall–Kier alpha value is -3.91. The Morgan fingerprint density at radius 1 is 1.00 bits per heavy atom. The van der Waals surface area contributed by atoms with Crippen molar-refractivity contribution in [3.05, 3.63) is 97.1 Å². The van der Waals surface area contributed by atoms with Crippen LogP contribution in [-0.4, -0.2) is 27.5 Å². The number of carbonyl (C=O) groups is 2. The predicted molar refractivity (Wildman–Crippen MR) is 122 cm³/mol. The summed E-state index contributed by atoms with van der Waals surface area (Å²) < 4.78 is 6.96. The molecule has 0 unspecified atom stereocenters. The van der Waals surface area contributed by atoms with Crippen LogP contribution in [0.5, 0.6) is 0 Å². The highest BCUT2D eigenvalue weighted by Gasteiger charge is 2.22. The summed E-state index contributed by atoms with van der Waals surface area (Å²) in [6, 6.07) is 15.7. The van der Waals surface area contributed by atoms with Crippen molar-refractivity contribution in [1.82, 2.24) is 9.13 Å². The number of rotatable bonds is 6. The molecule has 32 heavy (non-hydrogen) atoms. The molecule has 0 fully saturated rings. The maximum Gasteiger partial charge on any atom is 0.339 e. The van der Waals surface area contributed by atoms with E-state index in [-0.39, 0.29) is 11.4 Å². The van der Waals surface area contributed by atoms with Gasteiger partial charge in [-0.2, -0.15) is 0 Å². The highest BCUT2D eigenvalue weighted by molar-refractivity contribution is 6.30. The highest BCUT2D eigenvalue weighted by Crippen LogP contribution is 2.22. The number of nitrogens with zero attached hydrogens (tertiary/aromatic N) is 2. The lowest BCUT2D eigenvalue weighted by Gasteiger charge is -2.12. The van der Waals surface area contributed by atoms with Crippen LogP contribution in [0.3, 0.4) is 0 Å².